The van der Waals surface area contributed by atoms with Gasteiger partial charge in [-0.15, -0.1) is 0 Å². The third-order valence-electron chi connectivity index (χ3n) is 1.74. The van der Waals surface area contributed by atoms with Crippen LogP contribution in [0.15, 0.2) is 18.2 Å². The molecule has 0 atom stereocenters. The maximum Gasteiger partial charge on any atom is 0.339 e. The van der Waals surface area contributed by atoms with E-state index in [2.05, 4.69) is 4.74 Å². The molecule has 1 amide bonds. The molecule has 1 rings (SSSR count). The Morgan fingerprint density at radius 2 is 2.07 bits per heavy atom. The smallest absolute Gasteiger partial charge is 0.339 e. The Bertz CT molecular complexity index is 404. The number of amides is 1. The van der Waals surface area contributed by atoms with Crippen molar-refractivity contribution in [3.05, 3.63) is 35.1 Å². The Labute approximate surface area is 85.8 Å². The largest absolute Gasteiger partial charge is 0.462 e. The number of rotatable bonds is 3. The van der Waals surface area contributed by atoms with Gasteiger partial charge in [-0.05, 0) is 25.1 Å². The van der Waals surface area contributed by atoms with Crippen molar-refractivity contribution in [1.82, 2.24) is 0 Å². The van der Waals surface area contributed by atoms with Gasteiger partial charge in [0, 0.05) is 0 Å². The van der Waals surface area contributed by atoms with Crippen molar-refractivity contribution in [3.8, 4) is 0 Å². The van der Waals surface area contributed by atoms with Crippen molar-refractivity contribution < 1.29 is 18.7 Å². The lowest BCUT2D eigenvalue weighted by molar-refractivity contribution is 0.0522. The minimum absolute atomic E-state index is 0.0464. The lowest BCUT2D eigenvalue weighted by atomic mass is 10.1. The molecule has 5 heteroatoms. The second-order valence-corrected chi connectivity index (χ2v) is 2.77. The number of carbonyl (C=O) groups excluding carboxylic acids is 2. The van der Waals surface area contributed by atoms with Gasteiger partial charge in [-0.3, -0.25) is 4.79 Å². The molecule has 0 saturated carbocycles. The van der Waals surface area contributed by atoms with E-state index in [0.717, 1.165) is 18.2 Å². The minimum Gasteiger partial charge on any atom is -0.462 e. The number of nitrogens with two attached hydrogens (primary N) is 1. The first-order valence-electron chi connectivity index (χ1n) is 4.32. The van der Waals surface area contributed by atoms with Gasteiger partial charge in [0.25, 0.3) is 0 Å². The Balaban J connectivity index is 3.18. The van der Waals surface area contributed by atoms with Crippen LogP contribution in [0.4, 0.5) is 4.39 Å². The molecule has 0 saturated heterocycles. The predicted octanol–water partition coefficient (Wildman–Crippen LogP) is 1.10. The van der Waals surface area contributed by atoms with Crippen molar-refractivity contribution in [2.75, 3.05) is 6.61 Å². The molecule has 4 nitrogen and oxygen atoms in total. The fraction of sp³-hybridized carbons (Fsp3) is 0.200. The molecule has 0 fully saturated rings. The Morgan fingerprint density at radius 3 is 2.60 bits per heavy atom. The number of halogens is 1. The van der Waals surface area contributed by atoms with Crippen LogP contribution in [0.3, 0.4) is 0 Å². The quantitative estimate of drug-likeness (QED) is 0.761. The summed E-state index contributed by atoms with van der Waals surface area (Å²) in [6.45, 7) is 1.76. The molecule has 2 N–H and O–H groups in total. The van der Waals surface area contributed by atoms with E-state index in [1.807, 2.05) is 0 Å². The van der Waals surface area contributed by atoms with Crippen molar-refractivity contribution in [3.63, 3.8) is 0 Å². The number of benzene rings is 1. The van der Waals surface area contributed by atoms with Crippen molar-refractivity contribution in [1.29, 1.82) is 0 Å². The molecular formula is C10H10FNO3. The number of carbonyl (C=O) groups is 2. The highest BCUT2D eigenvalue weighted by atomic mass is 19.1. The fourth-order valence-electron chi connectivity index (χ4n) is 1.11. The molecule has 0 unspecified atom stereocenters. The highest BCUT2D eigenvalue weighted by molar-refractivity contribution is 6.04. The number of hydrogen-bond acceptors (Lipinski definition) is 3. The normalized spacial score (nSPS) is 9.73. The topological polar surface area (TPSA) is 69.4 Å². The second-order valence-electron chi connectivity index (χ2n) is 2.77. The molecule has 0 spiro atoms. The summed E-state index contributed by atoms with van der Waals surface area (Å²) in [5, 5.41) is 0. The van der Waals surface area contributed by atoms with Crippen LogP contribution in [-0.2, 0) is 4.74 Å². The summed E-state index contributed by atoms with van der Waals surface area (Å²) in [4.78, 5) is 22.3. The Morgan fingerprint density at radius 1 is 1.40 bits per heavy atom. The van der Waals surface area contributed by atoms with E-state index in [9.17, 15) is 14.0 Å². The first-order valence-corrected chi connectivity index (χ1v) is 4.32. The van der Waals surface area contributed by atoms with Crippen molar-refractivity contribution in [2.24, 2.45) is 5.73 Å². The van der Waals surface area contributed by atoms with Gasteiger partial charge in [-0.2, -0.15) is 0 Å². The molecule has 1 aromatic rings. The van der Waals surface area contributed by atoms with E-state index < -0.39 is 17.7 Å². The summed E-state index contributed by atoms with van der Waals surface area (Å²) >= 11 is 0. The van der Waals surface area contributed by atoms with Crippen LogP contribution in [0, 0.1) is 5.82 Å². The van der Waals surface area contributed by atoms with Crippen LogP contribution in [0.1, 0.15) is 27.6 Å². The summed E-state index contributed by atoms with van der Waals surface area (Å²) in [5.74, 6) is -2.17. The third-order valence-corrected chi connectivity index (χ3v) is 1.74. The van der Waals surface area contributed by atoms with Gasteiger partial charge in [0.1, 0.15) is 5.82 Å². The van der Waals surface area contributed by atoms with Gasteiger partial charge in [0.05, 0.1) is 17.7 Å². The maximum absolute atomic E-state index is 12.9. The molecule has 0 aliphatic rings. The molecule has 0 radical (unpaired) electrons. The van der Waals surface area contributed by atoms with E-state index in [1.54, 1.807) is 6.92 Å². The van der Waals surface area contributed by atoms with Crippen molar-refractivity contribution in [2.45, 2.75) is 6.92 Å². The van der Waals surface area contributed by atoms with Gasteiger partial charge < -0.3 is 10.5 Å². The lowest BCUT2D eigenvalue weighted by Gasteiger charge is -2.05. The van der Waals surface area contributed by atoms with Gasteiger partial charge in [0.15, 0.2) is 0 Å². The van der Waals surface area contributed by atoms with Crippen LogP contribution >= 0.6 is 0 Å². The molecule has 0 aliphatic carbocycles. The molecule has 15 heavy (non-hydrogen) atoms. The van der Waals surface area contributed by atoms with E-state index in [-0.39, 0.29) is 17.7 Å². The molecule has 0 aromatic heterocycles. The maximum atomic E-state index is 12.9. The number of ether oxygens (including phenoxy) is 1. The van der Waals surface area contributed by atoms with Crippen molar-refractivity contribution >= 4 is 11.9 Å². The monoisotopic (exact) mass is 211 g/mol. The van der Waals surface area contributed by atoms with E-state index >= 15 is 0 Å². The van der Waals surface area contributed by atoms with Crippen LogP contribution in [0.25, 0.3) is 0 Å². The SMILES string of the molecule is CCOC(=O)c1cc(F)ccc1C(N)=O. The number of hydrogen-bond donors (Lipinski definition) is 1. The van der Waals surface area contributed by atoms with Crippen LogP contribution in [-0.4, -0.2) is 18.5 Å². The summed E-state index contributed by atoms with van der Waals surface area (Å²) in [6, 6.07) is 3.14. The molecule has 0 aliphatic heterocycles. The average molecular weight is 211 g/mol. The average Bonchev–Trinajstić information content (AvgIpc) is 2.17. The first-order chi connectivity index (χ1) is 7.06. The highest BCUT2D eigenvalue weighted by Gasteiger charge is 2.16. The van der Waals surface area contributed by atoms with E-state index in [1.165, 1.54) is 0 Å². The zero-order valence-corrected chi connectivity index (χ0v) is 8.12. The van der Waals surface area contributed by atoms with Gasteiger partial charge in [-0.1, -0.05) is 0 Å². The van der Waals surface area contributed by atoms with E-state index in [4.69, 9.17) is 5.73 Å². The Hall–Kier alpha value is -1.91. The summed E-state index contributed by atoms with van der Waals surface area (Å²) in [7, 11) is 0. The fourth-order valence-corrected chi connectivity index (χ4v) is 1.11. The van der Waals surface area contributed by atoms with Crippen LogP contribution < -0.4 is 5.73 Å². The Kier molecular flexibility index (Phi) is 3.38. The second kappa shape index (κ2) is 4.54. The number of primary amides is 1. The molecular weight excluding hydrogens is 201 g/mol. The van der Waals surface area contributed by atoms with Gasteiger partial charge in [-0.25, -0.2) is 9.18 Å². The summed E-state index contributed by atoms with van der Waals surface area (Å²) in [6.07, 6.45) is 0. The molecule has 1 aromatic carbocycles. The van der Waals surface area contributed by atoms with Crippen LogP contribution in [0.5, 0.6) is 0 Å². The summed E-state index contributed by atoms with van der Waals surface area (Å²) in [5.41, 5.74) is 4.83. The number of esters is 1. The predicted molar refractivity (Wildman–Crippen MR) is 50.9 cm³/mol. The lowest BCUT2D eigenvalue weighted by Crippen LogP contribution is -2.17. The standard InChI is InChI=1S/C10H10FNO3/c1-2-15-10(14)8-5-6(11)3-4-7(8)9(12)13/h3-5H,2H2,1H3,(H2,12,13). The molecule has 80 valence electrons. The molecule has 0 bridgehead atoms. The van der Waals surface area contributed by atoms with Crippen LogP contribution in [0.2, 0.25) is 0 Å². The highest BCUT2D eigenvalue weighted by Crippen LogP contribution is 2.12. The van der Waals surface area contributed by atoms with Gasteiger partial charge in [0.2, 0.25) is 5.91 Å². The van der Waals surface area contributed by atoms with Gasteiger partial charge >= 0.3 is 5.97 Å². The zero-order valence-electron chi connectivity index (χ0n) is 8.12. The third kappa shape index (κ3) is 2.52. The summed E-state index contributed by atoms with van der Waals surface area (Å²) < 4.78 is 17.5. The van der Waals surface area contributed by atoms with E-state index in [0.29, 0.717) is 0 Å². The first kappa shape index (κ1) is 11.2. The minimum atomic E-state index is -0.793. The molecule has 0 heterocycles. The zero-order chi connectivity index (χ0) is 11.4.